The van der Waals surface area contributed by atoms with Crippen LogP contribution in [0.1, 0.15) is 18.4 Å². The molecule has 0 spiro atoms. The summed E-state index contributed by atoms with van der Waals surface area (Å²) in [6.07, 6.45) is 2.35. The SMILES string of the molecule is COc1ccc(Br)cc1CC(=O)N1CCCC(N)C1. The van der Waals surface area contributed by atoms with Crippen molar-refractivity contribution in [1.82, 2.24) is 4.90 Å². The predicted molar refractivity (Wildman–Crippen MR) is 78.2 cm³/mol. The fourth-order valence-corrected chi connectivity index (χ4v) is 2.81. The fraction of sp³-hybridized carbons (Fsp3) is 0.500. The van der Waals surface area contributed by atoms with E-state index in [2.05, 4.69) is 15.9 Å². The van der Waals surface area contributed by atoms with Gasteiger partial charge in [-0.05, 0) is 31.0 Å². The summed E-state index contributed by atoms with van der Waals surface area (Å²) in [4.78, 5) is 14.1. The molecule has 0 bridgehead atoms. The molecule has 0 aromatic heterocycles. The van der Waals surface area contributed by atoms with Crippen LogP contribution in [0.15, 0.2) is 22.7 Å². The molecule has 1 atom stereocenters. The average Bonchev–Trinajstić information content (AvgIpc) is 2.39. The Kier molecular flexibility index (Phi) is 4.82. The van der Waals surface area contributed by atoms with Crippen molar-refractivity contribution in [3.05, 3.63) is 28.2 Å². The number of nitrogens with zero attached hydrogens (tertiary/aromatic N) is 1. The molecule has 1 fully saturated rings. The third-order valence-corrected chi connectivity index (χ3v) is 3.89. The van der Waals surface area contributed by atoms with Crippen molar-refractivity contribution in [1.29, 1.82) is 0 Å². The van der Waals surface area contributed by atoms with E-state index in [0.717, 1.165) is 35.2 Å². The number of hydrogen-bond acceptors (Lipinski definition) is 3. The second kappa shape index (κ2) is 6.39. The second-order valence-electron chi connectivity index (χ2n) is 4.88. The van der Waals surface area contributed by atoms with Crippen LogP contribution < -0.4 is 10.5 Å². The maximum atomic E-state index is 12.3. The number of benzene rings is 1. The second-order valence-corrected chi connectivity index (χ2v) is 5.79. The molecule has 1 aromatic rings. The van der Waals surface area contributed by atoms with Crippen molar-refractivity contribution >= 4 is 21.8 Å². The highest BCUT2D eigenvalue weighted by molar-refractivity contribution is 9.10. The van der Waals surface area contributed by atoms with Crippen molar-refractivity contribution in [3.63, 3.8) is 0 Å². The first-order valence-electron chi connectivity index (χ1n) is 6.46. The van der Waals surface area contributed by atoms with Gasteiger partial charge in [-0.1, -0.05) is 15.9 Å². The van der Waals surface area contributed by atoms with Crippen molar-refractivity contribution in [2.75, 3.05) is 20.2 Å². The largest absolute Gasteiger partial charge is 0.496 e. The number of piperidine rings is 1. The number of rotatable bonds is 3. The average molecular weight is 327 g/mol. The minimum absolute atomic E-state index is 0.113. The summed E-state index contributed by atoms with van der Waals surface area (Å²) >= 11 is 3.42. The van der Waals surface area contributed by atoms with Gasteiger partial charge < -0.3 is 15.4 Å². The number of likely N-dealkylation sites (tertiary alicyclic amines) is 1. The molecule has 1 amide bonds. The van der Waals surface area contributed by atoms with E-state index in [-0.39, 0.29) is 11.9 Å². The summed E-state index contributed by atoms with van der Waals surface area (Å²) in [7, 11) is 1.62. The van der Waals surface area contributed by atoms with Crippen LogP contribution in [0.2, 0.25) is 0 Å². The molecule has 104 valence electrons. The Bertz CT molecular complexity index is 465. The van der Waals surface area contributed by atoms with E-state index in [1.54, 1.807) is 7.11 Å². The van der Waals surface area contributed by atoms with Crippen LogP contribution in [0.4, 0.5) is 0 Å². The van der Waals surface area contributed by atoms with Crippen LogP contribution in [-0.4, -0.2) is 37.0 Å². The van der Waals surface area contributed by atoms with Gasteiger partial charge in [0.25, 0.3) is 0 Å². The Labute approximate surface area is 122 Å². The minimum Gasteiger partial charge on any atom is -0.496 e. The molecule has 1 saturated heterocycles. The van der Waals surface area contributed by atoms with E-state index in [1.165, 1.54) is 0 Å². The van der Waals surface area contributed by atoms with Gasteiger partial charge in [-0.15, -0.1) is 0 Å². The highest BCUT2D eigenvalue weighted by atomic mass is 79.9. The first-order chi connectivity index (χ1) is 9.10. The molecule has 1 aromatic carbocycles. The van der Waals surface area contributed by atoms with E-state index >= 15 is 0 Å². The van der Waals surface area contributed by atoms with Gasteiger partial charge >= 0.3 is 0 Å². The zero-order valence-electron chi connectivity index (χ0n) is 11.1. The van der Waals surface area contributed by atoms with Gasteiger partial charge in [-0.25, -0.2) is 0 Å². The van der Waals surface area contributed by atoms with Gasteiger partial charge in [0, 0.05) is 29.2 Å². The molecular formula is C14H19BrN2O2. The van der Waals surface area contributed by atoms with Gasteiger partial charge in [-0.2, -0.15) is 0 Å². The summed E-state index contributed by atoms with van der Waals surface area (Å²) in [6, 6.07) is 5.82. The summed E-state index contributed by atoms with van der Waals surface area (Å²) in [5, 5.41) is 0. The molecule has 1 heterocycles. The van der Waals surface area contributed by atoms with Gasteiger partial charge in [-0.3, -0.25) is 4.79 Å². The lowest BCUT2D eigenvalue weighted by Gasteiger charge is -2.31. The van der Waals surface area contributed by atoms with Gasteiger partial charge in [0.1, 0.15) is 5.75 Å². The topological polar surface area (TPSA) is 55.6 Å². The molecule has 4 nitrogen and oxygen atoms in total. The lowest BCUT2D eigenvalue weighted by Crippen LogP contribution is -2.46. The monoisotopic (exact) mass is 326 g/mol. The molecule has 19 heavy (non-hydrogen) atoms. The quantitative estimate of drug-likeness (QED) is 0.923. The smallest absolute Gasteiger partial charge is 0.227 e. The Morgan fingerprint density at radius 2 is 2.37 bits per heavy atom. The van der Waals surface area contributed by atoms with Crippen molar-refractivity contribution in [2.45, 2.75) is 25.3 Å². The van der Waals surface area contributed by atoms with Gasteiger partial charge in [0.2, 0.25) is 5.91 Å². The molecule has 5 heteroatoms. The van der Waals surface area contributed by atoms with Crippen LogP contribution in [-0.2, 0) is 11.2 Å². The van der Waals surface area contributed by atoms with E-state index in [4.69, 9.17) is 10.5 Å². The Balaban J connectivity index is 2.07. The summed E-state index contributed by atoms with van der Waals surface area (Å²) in [5.41, 5.74) is 6.81. The molecule has 0 saturated carbocycles. The van der Waals surface area contributed by atoms with Crippen molar-refractivity contribution < 1.29 is 9.53 Å². The lowest BCUT2D eigenvalue weighted by molar-refractivity contribution is -0.131. The normalized spacial score (nSPS) is 19.3. The van der Waals surface area contributed by atoms with Crippen molar-refractivity contribution in [2.24, 2.45) is 5.73 Å². The number of amides is 1. The standard InChI is InChI=1S/C14H19BrN2O2/c1-19-13-5-4-11(15)7-10(13)8-14(18)17-6-2-3-12(16)9-17/h4-5,7,12H,2-3,6,8-9,16H2,1H3. The first kappa shape index (κ1) is 14.3. The third-order valence-electron chi connectivity index (χ3n) is 3.39. The van der Waals surface area contributed by atoms with Crippen LogP contribution in [0, 0.1) is 0 Å². The molecule has 2 rings (SSSR count). The lowest BCUT2D eigenvalue weighted by atomic mass is 10.0. The fourth-order valence-electron chi connectivity index (χ4n) is 2.40. The minimum atomic E-state index is 0.113. The number of hydrogen-bond donors (Lipinski definition) is 1. The molecule has 1 unspecified atom stereocenters. The van der Waals surface area contributed by atoms with Crippen LogP contribution in [0.3, 0.4) is 0 Å². The van der Waals surface area contributed by atoms with Crippen molar-refractivity contribution in [3.8, 4) is 5.75 Å². The van der Waals surface area contributed by atoms with E-state index < -0.39 is 0 Å². The number of methoxy groups -OCH3 is 1. The number of nitrogens with two attached hydrogens (primary N) is 1. The molecule has 0 radical (unpaired) electrons. The van der Waals surface area contributed by atoms with Crippen LogP contribution in [0.5, 0.6) is 5.75 Å². The summed E-state index contributed by atoms with van der Waals surface area (Å²) < 4.78 is 6.24. The van der Waals surface area contributed by atoms with Crippen LogP contribution in [0.25, 0.3) is 0 Å². The van der Waals surface area contributed by atoms with E-state index in [9.17, 15) is 4.79 Å². The molecule has 0 aliphatic carbocycles. The number of ether oxygens (including phenoxy) is 1. The predicted octanol–water partition coefficient (Wildman–Crippen LogP) is 1.95. The Morgan fingerprint density at radius 3 is 3.05 bits per heavy atom. The van der Waals surface area contributed by atoms with E-state index in [1.807, 2.05) is 23.1 Å². The highest BCUT2D eigenvalue weighted by Gasteiger charge is 2.22. The Morgan fingerprint density at radius 1 is 1.58 bits per heavy atom. The number of carbonyl (C=O) groups excluding carboxylic acids is 1. The number of halogens is 1. The van der Waals surface area contributed by atoms with Crippen LogP contribution >= 0.6 is 15.9 Å². The number of carbonyl (C=O) groups is 1. The highest BCUT2D eigenvalue weighted by Crippen LogP contribution is 2.24. The molecular weight excluding hydrogens is 308 g/mol. The zero-order chi connectivity index (χ0) is 13.8. The maximum absolute atomic E-state index is 12.3. The zero-order valence-corrected chi connectivity index (χ0v) is 12.6. The molecule has 2 N–H and O–H groups in total. The van der Waals surface area contributed by atoms with E-state index in [0.29, 0.717) is 13.0 Å². The Hall–Kier alpha value is -1.07. The van der Waals surface area contributed by atoms with Gasteiger partial charge in [0.15, 0.2) is 0 Å². The van der Waals surface area contributed by atoms with Gasteiger partial charge in [0.05, 0.1) is 13.5 Å². The molecule has 1 aliphatic heterocycles. The first-order valence-corrected chi connectivity index (χ1v) is 7.25. The summed E-state index contributed by atoms with van der Waals surface area (Å²) in [5.74, 6) is 0.865. The maximum Gasteiger partial charge on any atom is 0.227 e. The third kappa shape index (κ3) is 3.70. The summed E-state index contributed by atoms with van der Waals surface area (Å²) in [6.45, 7) is 1.47. The molecule has 1 aliphatic rings.